The van der Waals surface area contributed by atoms with E-state index in [0.29, 0.717) is 12.3 Å². The van der Waals surface area contributed by atoms with E-state index >= 15 is 0 Å². The molecule has 2 fully saturated rings. The van der Waals surface area contributed by atoms with Crippen LogP contribution in [0.5, 0.6) is 11.5 Å². The Labute approximate surface area is 130 Å². The molecule has 2 N–H and O–H groups in total. The van der Waals surface area contributed by atoms with Crippen LogP contribution in [0, 0.1) is 0 Å². The number of piperidine rings is 1. The van der Waals surface area contributed by atoms with Crippen molar-refractivity contribution in [2.45, 2.75) is 24.9 Å². The summed E-state index contributed by atoms with van der Waals surface area (Å²) in [6.07, 6.45) is 2.38. The normalized spacial score (nSPS) is 20.7. The van der Waals surface area contributed by atoms with Gasteiger partial charge < -0.3 is 24.8 Å². The average molecular weight is 306 g/mol. The minimum absolute atomic E-state index is 0.168. The van der Waals surface area contributed by atoms with E-state index in [1.54, 1.807) is 13.2 Å². The monoisotopic (exact) mass is 306 g/mol. The number of hydrogen-bond donors (Lipinski definition) is 2. The third-order valence-electron chi connectivity index (χ3n) is 4.59. The van der Waals surface area contributed by atoms with Crippen molar-refractivity contribution in [1.29, 1.82) is 0 Å². The van der Waals surface area contributed by atoms with Crippen molar-refractivity contribution in [1.82, 2.24) is 10.2 Å². The summed E-state index contributed by atoms with van der Waals surface area (Å²) in [7, 11) is 1.56. The smallest absolute Gasteiger partial charge is 0.407 e. The number of rotatable bonds is 4. The predicted octanol–water partition coefficient (Wildman–Crippen LogP) is 1.52. The van der Waals surface area contributed by atoms with Crippen LogP contribution in [0.15, 0.2) is 18.2 Å². The number of nitrogens with zero attached hydrogens (tertiary/aromatic N) is 1. The Hall–Kier alpha value is -1.95. The van der Waals surface area contributed by atoms with Gasteiger partial charge in [-0.05, 0) is 24.1 Å². The number of aromatic hydroxyl groups is 1. The molecule has 0 aromatic heterocycles. The Kier molecular flexibility index (Phi) is 4.11. The number of ether oxygens (including phenoxy) is 2. The number of likely N-dealkylation sites (tertiary alicyclic amines) is 1. The molecule has 3 rings (SSSR count). The van der Waals surface area contributed by atoms with Crippen molar-refractivity contribution in [3.8, 4) is 11.5 Å². The lowest BCUT2D eigenvalue weighted by atomic mass is 9.91. The first-order valence-electron chi connectivity index (χ1n) is 7.65. The molecule has 6 nitrogen and oxygen atoms in total. The number of hydrogen-bond acceptors (Lipinski definition) is 5. The highest BCUT2D eigenvalue weighted by Gasteiger charge is 2.42. The van der Waals surface area contributed by atoms with Crippen LogP contribution in [-0.2, 0) is 11.2 Å². The van der Waals surface area contributed by atoms with Gasteiger partial charge in [0, 0.05) is 32.5 Å². The molecule has 2 heterocycles. The fraction of sp³-hybridized carbons (Fsp3) is 0.562. The van der Waals surface area contributed by atoms with Gasteiger partial charge in [0.15, 0.2) is 11.5 Å². The van der Waals surface area contributed by atoms with E-state index in [9.17, 15) is 9.90 Å². The maximum absolute atomic E-state index is 11.2. The summed E-state index contributed by atoms with van der Waals surface area (Å²) < 4.78 is 10.6. The lowest BCUT2D eigenvalue weighted by Gasteiger charge is -2.37. The first-order chi connectivity index (χ1) is 10.6. The molecule has 1 spiro atoms. The van der Waals surface area contributed by atoms with Crippen molar-refractivity contribution in [2.24, 2.45) is 0 Å². The van der Waals surface area contributed by atoms with Gasteiger partial charge in [0.25, 0.3) is 0 Å². The van der Waals surface area contributed by atoms with E-state index in [-0.39, 0.29) is 17.4 Å². The summed E-state index contributed by atoms with van der Waals surface area (Å²) in [6.45, 7) is 3.45. The quantitative estimate of drug-likeness (QED) is 0.882. The Morgan fingerprint density at radius 3 is 2.82 bits per heavy atom. The molecule has 2 aliphatic heterocycles. The highest BCUT2D eigenvalue weighted by atomic mass is 16.6. The maximum Gasteiger partial charge on any atom is 0.407 e. The highest BCUT2D eigenvalue weighted by molar-refractivity contribution is 5.70. The molecule has 0 bridgehead atoms. The van der Waals surface area contributed by atoms with Gasteiger partial charge in [0.2, 0.25) is 0 Å². The van der Waals surface area contributed by atoms with E-state index in [2.05, 4.69) is 10.2 Å². The number of methoxy groups -OCH3 is 1. The molecule has 0 unspecified atom stereocenters. The first-order valence-corrected chi connectivity index (χ1v) is 7.65. The number of nitrogens with one attached hydrogen (secondary N) is 1. The Morgan fingerprint density at radius 1 is 1.41 bits per heavy atom. The summed E-state index contributed by atoms with van der Waals surface area (Å²) in [5, 5.41) is 12.4. The van der Waals surface area contributed by atoms with Crippen LogP contribution in [0.4, 0.5) is 4.79 Å². The van der Waals surface area contributed by atoms with Crippen LogP contribution in [-0.4, -0.2) is 55.0 Å². The lowest BCUT2D eigenvalue weighted by Crippen LogP contribution is -2.47. The fourth-order valence-electron chi connectivity index (χ4n) is 3.13. The average Bonchev–Trinajstić information content (AvgIpc) is 2.89. The molecule has 2 saturated heterocycles. The molecule has 0 atom stereocenters. The minimum Gasteiger partial charge on any atom is -0.504 e. The summed E-state index contributed by atoms with van der Waals surface area (Å²) in [5.41, 5.74) is 0.860. The van der Waals surface area contributed by atoms with Crippen LogP contribution in [0.1, 0.15) is 18.4 Å². The van der Waals surface area contributed by atoms with Gasteiger partial charge in [-0.1, -0.05) is 6.07 Å². The second-order valence-electron chi connectivity index (χ2n) is 6.02. The van der Waals surface area contributed by atoms with Crippen LogP contribution in [0.25, 0.3) is 0 Å². The SMILES string of the molecule is COc1cc(CCN2CCC3(CC2)CNC(=O)O3)ccc1O. The lowest BCUT2D eigenvalue weighted by molar-refractivity contribution is 0.00123. The molecule has 22 heavy (non-hydrogen) atoms. The largest absolute Gasteiger partial charge is 0.504 e. The molecular weight excluding hydrogens is 284 g/mol. The zero-order valence-electron chi connectivity index (χ0n) is 12.8. The van der Waals surface area contributed by atoms with E-state index in [4.69, 9.17) is 9.47 Å². The number of benzene rings is 1. The van der Waals surface area contributed by atoms with Crippen molar-refractivity contribution in [2.75, 3.05) is 33.3 Å². The molecule has 1 amide bonds. The maximum atomic E-state index is 11.2. The molecule has 2 aliphatic rings. The molecule has 1 aromatic rings. The van der Waals surface area contributed by atoms with E-state index < -0.39 is 0 Å². The van der Waals surface area contributed by atoms with Crippen LogP contribution in [0.2, 0.25) is 0 Å². The van der Waals surface area contributed by atoms with Crippen LogP contribution >= 0.6 is 0 Å². The number of alkyl carbamates (subject to hydrolysis) is 1. The number of amides is 1. The van der Waals surface area contributed by atoms with Crippen molar-refractivity contribution in [3.05, 3.63) is 23.8 Å². The Balaban J connectivity index is 1.50. The second kappa shape index (κ2) is 6.04. The third-order valence-corrected chi connectivity index (χ3v) is 4.59. The molecule has 0 saturated carbocycles. The van der Waals surface area contributed by atoms with Crippen molar-refractivity contribution >= 4 is 6.09 Å². The van der Waals surface area contributed by atoms with Gasteiger partial charge in [0.05, 0.1) is 13.7 Å². The number of carbonyl (C=O) groups is 1. The van der Waals surface area contributed by atoms with E-state index in [0.717, 1.165) is 44.5 Å². The minimum atomic E-state index is -0.287. The number of phenolic OH excluding ortho intramolecular Hbond substituents is 1. The molecule has 0 aliphatic carbocycles. The van der Waals surface area contributed by atoms with Crippen LogP contribution < -0.4 is 10.1 Å². The van der Waals surface area contributed by atoms with Crippen LogP contribution in [0.3, 0.4) is 0 Å². The third kappa shape index (κ3) is 3.11. The molecular formula is C16H22N2O4. The first kappa shape index (κ1) is 15.0. The summed E-state index contributed by atoms with van der Waals surface area (Å²) >= 11 is 0. The summed E-state index contributed by atoms with van der Waals surface area (Å²) in [6, 6.07) is 5.47. The standard InChI is InChI=1S/C16H22N2O4/c1-21-14-10-12(2-3-13(14)19)4-7-18-8-5-16(6-9-18)11-17-15(20)22-16/h2-3,10,19H,4-9,11H2,1H3,(H,17,20). The number of carbonyl (C=O) groups excluding carboxylic acids is 1. The predicted molar refractivity (Wildman–Crippen MR) is 81.3 cm³/mol. The fourth-order valence-corrected chi connectivity index (χ4v) is 3.13. The van der Waals surface area contributed by atoms with E-state index in [1.807, 2.05) is 12.1 Å². The number of phenols is 1. The van der Waals surface area contributed by atoms with Gasteiger partial charge in [-0.3, -0.25) is 0 Å². The van der Waals surface area contributed by atoms with Crippen molar-refractivity contribution < 1.29 is 19.4 Å². The summed E-state index contributed by atoms with van der Waals surface area (Å²) in [4.78, 5) is 13.6. The van der Waals surface area contributed by atoms with Gasteiger partial charge in [-0.25, -0.2) is 4.79 Å². The molecule has 0 radical (unpaired) electrons. The molecule has 1 aromatic carbocycles. The van der Waals surface area contributed by atoms with Gasteiger partial charge in [0.1, 0.15) is 5.60 Å². The molecule has 120 valence electrons. The zero-order valence-corrected chi connectivity index (χ0v) is 12.8. The van der Waals surface area contributed by atoms with E-state index in [1.165, 1.54) is 0 Å². The topological polar surface area (TPSA) is 71.0 Å². The van der Waals surface area contributed by atoms with Crippen molar-refractivity contribution in [3.63, 3.8) is 0 Å². The van der Waals surface area contributed by atoms with Gasteiger partial charge >= 0.3 is 6.09 Å². The summed E-state index contributed by atoms with van der Waals surface area (Å²) in [5.74, 6) is 0.681. The van der Waals surface area contributed by atoms with Gasteiger partial charge in [-0.2, -0.15) is 0 Å². The molecule has 6 heteroatoms. The zero-order chi connectivity index (χ0) is 15.6. The Morgan fingerprint density at radius 2 is 2.18 bits per heavy atom. The van der Waals surface area contributed by atoms with Gasteiger partial charge in [-0.15, -0.1) is 0 Å². The second-order valence-corrected chi connectivity index (χ2v) is 6.02. The Bertz CT molecular complexity index is 553. The highest BCUT2D eigenvalue weighted by Crippen LogP contribution is 2.30.